The minimum absolute atomic E-state index is 0.0592. The van der Waals surface area contributed by atoms with Crippen LogP contribution in [0, 0.1) is 11.8 Å². The lowest BCUT2D eigenvalue weighted by molar-refractivity contribution is -0.144. The van der Waals surface area contributed by atoms with Crippen LogP contribution in [0.5, 0.6) is 0 Å². The number of methoxy groups -OCH3 is 1. The largest absolute Gasteiger partial charge is 0.469 e. The van der Waals surface area contributed by atoms with Crippen LogP contribution >= 0.6 is 0 Å². The molecule has 314 valence electrons. The molecule has 0 radical (unpaired) electrons. The highest BCUT2D eigenvalue weighted by molar-refractivity contribution is 6.38. The molecule has 1 aliphatic carbocycles. The first-order chi connectivity index (χ1) is 27.1. The molecule has 0 bridgehead atoms. The molecule has 6 amide bonds. The summed E-state index contributed by atoms with van der Waals surface area (Å²) in [6.07, 6.45) is 2.44. The number of carbonyl (C=O) groups excluding carboxylic acids is 8. The van der Waals surface area contributed by atoms with E-state index >= 15 is 0 Å². The van der Waals surface area contributed by atoms with Crippen molar-refractivity contribution in [2.45, 2.75) is 142 Å². The van der Waals surface area contributed by atoms with Crippen LogP contribution in [0.2, 0.25) is 0 Å². The summed E-state index contributed by atoms with van der Waals surface area (Å²) in [6.45, 7) is 9.43. The number of ketones is 1. The van der Waals surface area contributed by atoms with Crippen LogP contribution in [-0.4, -0.2) is 114 Å². The summed E-state index contributed by atoms with van der Waals surface area (Å²) in [6, 6.07) is 3.30. The maximum atomic E-state index is 14.5. The number of fused-ring (bicyclic) bond motifs is 1. The molecule has 2 aliphatic heterocycles. The molecule has 2 heterocycles. The standard InChI is InChI=1S/C41H60N6O10/c1-7-12-30(36(50)39(53)42-28-17-18-28)43-37(51)31-21-29(57-41(55)46-20-19-26-13-8-9-14-27(26)22-46)23-47(31)40(54)35(25(4)5)45-38(52)34(24(2)3)44-32(48)15-10-11-16-33(49)56-6/h8-9,13-14,24-25,28-31,34-35H,7,10-12,15-23H2,1-6H3,(H,42,53)(H,43,51)(H,44,48)(H,45,52)/t29-,30?,31-,34-,35-/m0/s1. The van der Waals surface area contributed by atoms with Crippen LogP contribution < -0.4 is 21.3 Å². The van der Waals surface area contributed by atoms with E-state index in [-0.39, 0.29) is 56.1 Å². The van der Waals surface area contributed by atoms with Gasteiger partial charge in [-0.15, -0.1) is 0 Å². The Morgan fingerprint density at radius 1 is 0.860 bits per heavy atom. The number of likely N-dealkylation sites (tertiary alicyclic amines) is 1. The summed E-state index contributed by atoms with van der Waals surface area (Å²) in [5.41, 5.74) is 2.15. The van der Waals surface area contributed by atoms with E-state index in [9.17, 15) is 38.4 Å². The molecule has 3 aliphatic rings. The van der Waals surface area contributed by atoms with Crippen LogP contribution in [0.4, 0.5) is 4.79 Å². The summed E-state index contributed by atoms with van der Waals surface area (Å²) in [5, 5.41) is 10.9. The first-order valence-electron chi connectivity index (χ1n) is 20.3. The third-order valence-corrected chi connectivity index (χ3v) is 10.6. The minimum Gasteiger partial charge on any atom is -0.469 e. The van der Waals surface area contributed by atoms with E-state index in [4.69, 9.17) is 4.74 Å². The van der Waals surface area contributed by atoms with Crippen LogP contribution in [0.1, 0.15) is 104 Å². The van der Waals surface area contributed by atoms with Gasteiger partial charge in [-0.2, -0.15) is 0 Å². The number of hydrogen-bond acceptors (Lipinski definition) is 10. The zero-order valence-electron chi connectivity index (χ0n) is 34.1. The van der Waals surface area contributed by atoms with Gasteiger partial charge in [0, 0.05) is 38.4 Å². The average molecular weight is 797 g/mol. The molecule has 0 spiro atoms. The zero-order chi connectivity index (χ0) is 41.8. The molecular weight excluding hydrogens is 736 g/mol. The van der Waals surface area contributed by atoms with Crippen LogP contribution in [0.25, 0.3) is 0 Å². The molecule has 4 N–H and O–H groups in total. The van der Waals surface area contributed by atoms with Crippen molar-refractivity contribution in [1.29, 1.82) is 0 Å². The molecule has 2 fully saturated rings. The first kappa shape index (κ1) is 44.7. The van der Waals surface area contributed by atoms with Gasteiger partial charge < -0.3 is 40.5 Å². The molecule has 0 aromatic heterocycles. The molecule has 57 heavy (non-hydrogen) atoms. The summed E-state index contributed by atoms with van der Waals surface area (Å²) in [5.74, 6) is -5.03. The third kappa shape index (κ3) is 12.7. The maximum Gasteiger partial charge on any atom is 0.410 e. The molecule has 5 atom stereocenters. The molecule has 1 saturated heterocycles. The quantitative estimate of drug-likeness (QED) is 0.0913. The lowest BCUT2D eigenvalue weighted by Gasteiger charge is -2.32. The number of hydrogen-bond donors (Lipinski definition) is 4. The molecule has 1 unspecified atom stereocenters. The fourth-order valence-corrected chi connectivity index (χ4v) is 7.08. The zero-order valence-corrected chi connectivity index (χ0v) is 34.1. The summed E-state index contributed by atoms with van der Waals surface area (Å²) >= 11 is 0. The number of rotatable bonds is 19. The van der Waals surface area contributed by atoms with Crippen molar-refractivity contribution < 1.29 is 47.8 Å². The number of nitrogens with zero attached hydrogens (tertiary/aromatic N) is 2. The molecule has 16 heteroatoms. The minimum atomic E-state index is -1.19. The second-order valence-corrected chi connectivity index (χ2v) is 16.0. The van der Waals surface area contributed by atoms with Crippen LogP contribution in [0.15, 0.2) is 24.3 Å². The Balaban J connectivity index is 1.50. The Morgan fingerprint density at radius 2 is 1.53 bits per heavy atom. The summed E-state index contributed by atoms with van der Waals surface area (Å²) in [7, 11) is 1.29. The number of nitrogens with one attached hydrogen (secondary N) is 4. The molecule has 1 saturated carbocycles. The van der Waals surface area contributed by atoms with Crippen molar-refractivity contribution >= 4 is 47.4 Å². The van der Waals surface area contributed by atoms with Crippen molar-refractivity contribution in [1.82, 2.24) is 31.1 Å². The maximum absolute atomic E-state index is 14.5. The normalized spacial score (nSPS) is 19.2. The highest BCUT2D eigenvalue weighted by Crippen LogP contribution is 2.26. The Bertz CT molecular complexity index is 1640. The van der Waals surface area contributed by atoms with Gasteiger partial charge in [0.1, 0.15) is 24.2 Å². The number of amides is 6. The van der Waals surface area contributed by atoms with E-state index in [2.05, 4.69) is 26.0 Å². The second-order valence-electron chi connectivity index (χ2n) is 16.0. The molecular formula is C41H60N6O10. The van der Waals surface area contributed by atoms with Crippen LogP contribution in [-0.2, 0) is 56.0 Å². The van der Waals surface area contributed by atoms with Gasteiger partial charge in [-0.1, -0.05) is 65.3 Å². The second kappa shape index (κ2) is 20.9. The predicted octanol–water partition coefficient (Wildman–Crippen LogP) is 2.30. The smallest absolute Gasteiger partial charge is 0.410 e. The Labute approximate surface area is 334 Å². The SMILES string of the molecule is CCCC(NC(=O)[C@@H]1C[C@H](OC(=O)N2CCc3ccccc3C2)CN1C(=O)[C@@H](NC(=O)[C@@H](NC(=O)CCCCC(=O)OC)C(C)C)C(C)C)C(=O)C(=O)NC1CC1. The van der Waals surface area contributed by atoms with Gasteiger partial charge in [0.25, 0.3) is 5.91 Å². The molecule has 4 rings (SSSR count). The van der Waals surface area contributed by atoms with Gasteiger partial charge in [0.2, 0.25) is 29.4 Å². The fraction of sp³-hybridized carbons (Fsp3) is 0.659. The Hall–Kier alpha value is -5.02. The molecule has 1 aromatic rings. The topological polar surface area (TPSA) is 210 Å². The van der Waals surface area contributed by atoms with Crippen molar-refractivity contribution in [2.24, 2.45) is 11.8 Å². The van der Waals surface area contributed by atoms with Gasteiger partial charge in [-0.3, -0.25) is 33.6 Å². The summed E-state index contributed by atoms with van der Waals surface area (Å²) < 4.78 is 10.6. The molecule has 16 nitrogen and oxygen atoms in total. The first-order valence-corrected chi connectivity index (χ1v) is 20.3. The Morgan fingerprint density at radius 3 is 2.16 bits per heavy atom. The van der Waals surface area contributed by atoms with Crippen LogP contribution in [0.3, 0.4) is 0 Å². The van der Waals surface area contributed by atoms with Gasteiger partial charge in [0.05, 0.1) is 19.7 Å². The van der Waals surface area contributed by atoms with E-state index in [1.807, 2.05) is 31.2 Å². The number of benzene rings is 1. The summed E-state index contributed by atoms with van der Waals surface area (Å²) in [4.78, 5) is 109. The molecule has 1 aromatic carbocycles. The van der Waals surface area contributed by atoms with Gasteiger partial charge >= 0.3 is 12.1 Å². The van der Waals surface area contributed by atoms with Gasteiger partial charge in [-0.05, 0) is 61.5 Å². The number of unbranched alkanes of at least 4 members (excludes halogenated alkanes) is 1. The monoisotopic (exact) mass is 796 g/mol. The fourth-order valence-electron chi connectivity index (χ4n) is 7.08. The van der Waals surface area contributed by atoms with E-state index < -0.39 is 71.7 Å². The average Bonchev–Trinajstić information content (AvgIpc) is 3.90. The third-order valence-electron chi connectivity index (χ3n) is 10.6. The lowest BCUT2D eigenvalue weighted by Crippen LogP contribution is -2.59. The predicted molar refractivity (Wildman–Crippen MR) is 208 cm³/mol. The Kier molecular flexibility index (Phi) is 16.4. The number of ether oxygens (including phenoxy) is 2. The van der Waals surface area contributed by atoms with Crippen molar-refractivity contribution in [3.05, 3.63) is 35.4 Å². The lowest BCUT2D eigenvalue weighted by atomic mass is 9.98. The van der Waals surface area contributed by atoms with Gasteiger partial charge in [0.15, 0.2) is 0 Å². The van der Waals surface area contributed by atoms with E-state index in [1.165, 1.54) is 12.0 Å². The van der Waals surface area contributed by atoms with Crippen molar-refractivity contribution in [2.75, 3.05) is 20.2 Å². The van der Waals surface area contributed by atoms with Crippen molar-refractivity contribution in [3.63, 3.8) is 0 Å². The van der Waals surface area contributed by atoms with Gasteiger partial charge in [-0.25, -0.2) is 4.79 Å². The number of carbonyl (C=O) groups is 8. The number of esters is 1. The van der Waals surface area contributed by atoms with E-state index in [0.29, 0.717) is 38.8 Å². The van der Waals surface area contributed by atoms with E-state index in [1.54, 1.807) is 32.6 Å². The highest BCUT2D eigenvalue weighted by atomic mass is 16.6. The van der Waals surface area contributed by atoms with Crippen molar-refractivity contribution in [3.8, 4) is 0 Å². The van der Waals surface area contributed by atoms with E-state index in [0.717, 1.165) is 24.0 Å². The highest BCUT2D eigenvalue weighted by Gasteiger charge is 2.46. The number of Topliss-reactive ketones (excluding diaryl/α,β-unsaturated/α-hetero) is 1.